The Balaban J connectivity index is 1.80. The van der Waals surface area contributed by atoms with Gasteiger partial charge in [-0.3, -0.25) is 4.79 Å². The normalized spacial score (nSPS) is 10.6. The van der Waals surface area contributed by atoms with Gasteiger partial charge in [-0.25, -0.2) is 0 Å². The highest BCUT2D eigenvalue weighted by molar-refractivity contribution is 6.30. The van der Waals surface area contributed by atoms with E-state index in [-0.39, 0.29) is 5.91 Å². The summed E-state index contributed by atoms with van der Waals surface area (Å²) in [6.07, 6.45) is 0. The van der Waals surface area contributed by atoms with Crippen LogP contribution < -0.4 is 14.8 Å². The number of nitrogens with one attached hydrogen (secondary N) is 1. The molecule has 5 heteroatoms. The molecule has 3 aromatic rings. The molecule has 0 aromatic heterocycles. The molecule has 0 heterocycles. The van der Waals surface area contributed by atoms with Crippen LogP contribution in [0.5, 0.6) is 11.5 Å². The van der Waals surface area contributed by atoms with Crippen LogP contribution in [0.4, 0.5) is 5.69 Å². The summed E-state index contributed by atoms with van der Waals surface area (Å²) in [6, 6.07) is 16.7. The number of halogens is 1. The van der Waals surface area contributed by atoms with Gasteiger partial charge in [-0.05, 0) is 92.9 Å². The Morgan fingerprint density at radius 1 is 0.900 bits per heavy atom. The van der Waals surface area contributed by atoms with Crippen molar-refractivity contribution in [2.45, 2.75) is 34.3 Å². The van der Waals surface area contributed by atoms with Crippen molar-refractivity contribution < 1.29 is 14.3 Å². The maximum atomic E-state index is 12.8. The first kappa shape index (κ1) is 21.7. The van der Waals surface area contributed by atoms with Gasteiger partial charge in [-0.2, -0.15) is 0 Å². The van der Waals surface area contributed by atoms with Gasteiger partial charge in [0.05, 0.1) is 6.61 Å². The van der Waals surface area contributed by atoms with Gasteiger partial charge in [-0.1, -0.05) is 17.7 Å². The Labute approximate surface area is 182 Å². The number of benzene rings is 3. The third kappa shape index (κ3) is 5.33. The number of ether oxygens (including phenoxy) is 2. The SMILES string of the molecule is CCOc1ccc(C(=O)Nc2ccc(Cl)cc2C)cc1COc1ccc(C)c(C)c1. The van der Waals surface area contributed by atoms with Gasteiger partial charge in [0, 0.05) is 21.8 Å². The summed E-state index contributed by atoms with van der Waals surface area (Å²) in [5, 5.41) is 3.58. The summed E-state index contributed by atoms with van der Waals surface area (Å²) in [5.74, 6) is 1.30. The lowest BCUT2D eigenvalue weighted by molar-refractivity contribution is 0.102. The Kier molecular flexibility index (Phi) is 7.01. The number of anilines is 1. The van der Waals surface area contributed by atoms with Gasteiger partial charge in [0.15, 0.2) is 0 Å². The highest BCUT2D eigenvalue weighted by Crippen LogP contribution is 2.25. The molecule has 0 bridgehead atoms. The van der Waals surface area contributed by atoms with E-state index in [1.54, 1.807) is 18.2 Å². The lowest BCUT2D eigenvalue weighted by Crippen LogP contribution is -2.14. The van der Waals surface area contributed by atoms with Gasteiger partial charge in [0.1, 0.15) is 18.1 Å². The van der Waals surface area contributed by atoms with Crippen molar-refractivity contribution in [3.8, 4) is 11.5 Å². The molecule has 156 valence electrons. The van der Waals surface area contributed by atoms with Crippen LogP contribution in [0, 0.1) is 20.8 Å². The number of carbonyl (C=O) groups is 1. The largest absolute Gasteiger partial charge is 0.493 e. The standard InChI is InChI=1S/C25H26ClNO3/c1-5-29-24-11-7-19(25(28)27-23-10-8-21(26)12-18(23)4)14-20(24)15-30-22-9-6-16(2)17(3)13-22/h6-14H,5,15H2,1-4H3,(H,27,28). The summed E-state index contributed by atoms with van der Waals surface area (Å²) >= 11 is 6.00. The molecule has 0 saturated carbocycles. The molecule has 0 saturated heterocycles. The van der Waals surface area contributed by atoms with E-state index >= 15 is 0 Å². The molecule has 4 nitrogen and oxygen atoms in total. The summed E-state index contributed by atoms with van der Waals surface area (Å²) < 4.78 is 11.7. The van der Waals surface area contributed by atoms with Gasteiger partial charge in [0.2, 0.25) is 0 Å². The Morgan fingerprint density at radius 2 is 1.70 bits per heavy atom. The summed E-state index contributed by atoms with van der Waals surface area (Å²) in [5.41, 5.74) is 5.37. The fourth-order valence-electron chi connectivity index (χ4n) is 3.06. The van der Waals surface area contributed by atoms with Gasteiger partial charge >= 0.3 is 0 Å². The van der Waals surface area contributed by atoms with Crippen LogP contribution in [0.1, 0.15) is 39.5 Å². The van der Waals surface area contributed by atoms with Crippen molar-refractivity contribution in [2.24, 2.45) is 0 Å². The summed E-state index contributed by atoms with van der Waals surface area (Å²) in [4.78, 5) is 12.8. The Morgan fingerprint density at radius 3 is 2.40 bits per heavy atom. The zero-order valence-corrected chi connectivity index (χ0v) is 18.5. The van der Waals surface area contributed by atoms with Crippen molar-refractivity contribution in [1.29, 1.82) is 0 Å². The van der Waals surface area contributed by atoms with Gasteiger partial charge in [0.25, 0.3) is 5.91 Å². The number of aryl methyl sites for hydroxylation is 3. The molecular formula is C25H26ClNO3. The number of carbonyl (C=O) groups excluding carboxylic acids is 1. The maximum absolute atomic E-state index is 12.8. The summed E-state index contributed by atoms with van der Waals surface area (Å²) in [7, 11) is 0. The molecular weight excluding hydrogens is 398 g/mol. The van der Waals surface area contributed by atoms with Crippen LogP contribution in [0.25, 0.3) is 0 Å². The second-order valence-electron chi connectivity index (χ2n) is 7.20. The summed E-state index contributed by atoms with van der Waals surface area (Å²) in [6.45, 7) is 8.79. The Hall–Kier alpha value is -2.98. The second kappa shape index (κ2) is 9.68. The molecule has 30 heavy (non-hydrogen) atoms. The number of hydrogen-bond acceptors (Lipinski definition) is 3. The first-order chi connectivity index (χ1) is 14.4. The second-order valence-corrected chi connectivity index (χ2v) is 7.64. The van der Waals surface area contributed by atoms with E-state index in [4.69, 9.17) is 21.1 Å². The van der Waals surface area contributed by atoms with Crippen molar-refractivity contribution in [2.75, 3.05) is 11.9 Å². The molecule has 0 fully saturated rings. The lowest BCUT2D eigenvalue weighted by atomic mass is 10.1. The molecule has 0 unspecified atom stereocenters. The molecule has 0 radical (unpaired) electrons. The van der Waals surface area contributed by atoms with E-state index in [1.165, 1.54) is 11.1 Å². The quantitative estimate of drug-likeness (QED) is 0.472. The first-order valence-corrected chi connectivity index (χ1v) is 10.3. The van der Waals surface area contributed by atoms with E-state index in [0.29, 0.717) is 29.5 Å². The van der Waals surface area contributed by atoms with E-state index < -0.39 is 0 Å². The average Bonchev–Trinajstić information content (AvgIpc) is 2.72. The zero-order chi connectivity index (χ0) is 21.7. The highest BCUT2D eigenvalue weighted by Gasteiger charge is 2.13. The third-order valence-corrected chi connectivity index (χ3v) is 5.17. The molecule has 0 spiro atoms. The molecule has 3 aromatic carbocycles. The monoisotopic (exact) mass is 423 g/mol. The highest BCUT2D eigenvalue weighted by atomic mass is 35.5. The van der Waals surface area contributed by atoms with Crippen LogP contribution in [0.15, 0.2) is 54.6 Å². The minimum Gasteiger partial charge on any atom is -0.493 e. The van der Waals surface area contributed by atoms with E-state index in [0.717, 1.165) is 22.6 Å². The molecule has 0 aliphatic heterocycles. The predicted octanol–water partition coefficient (Wildman–Crippen LogP) is 6.50. The van der Waals surface area contributed by atoms with Crippen molar-refractivity contribution >= 4 is 23.2 Å². The lowest BCUT2D eigenvalue weighted by Gasteiger charge is -2.14. The van der Waals surface area contributed by atoms with Crippen molar-refractivity contribution in [3.05, 3.63) is 87.4 Å². The minimum absolute atomic E-state index is 0.198. The molecule has 1 amide bonds. The van der Waals surface area contributed by atoms with E-state index in [2.05, 4.69) is 19.2 Å². The zero-order valence-electron chi connectivity index (χ0n) is 17.7. The van der Waals surface area contributed by atoms with Crippen LogP contribution in [0.3, 0.4) is 0 Å². The first-order valence-electron chi connectivity index (χ1n) is 9.90. The van der Waals surface area contributed by atoms with Crippen LogP contribution >= 0.6 is 11.6 Å². The fourth-order valence-corrected chi connectivity index (χ4v) is 3.28. The topological polar surface area (TPSA) is 47.6 Å². The van der Waals surface area contributed by atoms with Crippen LogP contribution in [-0.2, 0) is 6.61 Å². The van der Waals surface area contributed by atoms with E-state index in [9.17, 15) is 4.79 Å². The molecule has 1 N–H and O–H groups in total. The maximum Gasteiger partial charge on any atom is 0.255 e. The number of amides is 1. The minimum atomic E-state index is -0.198. The smallest absolute Gasteiger partial charge is 0.255 e. The van der Waals surface area contributed by atoms with Crippen LogP contribution in [0.2, 0.25) is 5.02 Å². The van der Waals surface area contributed by atoms with Crippen molar-refractivity contribution in [3.63, 3.8) is 0 Å². The molecule has 0 aliphatic rings. The van der Waals surface area contributed by atoms with Crippen LogP contribution in [-0.4, -0.2) is 12.5 Å². The Bertz CT molecular complexity index is 1060. The number of rotatable bonds is 7. The van der Waals surface area contributed by atoms with Gasteiger partial charge in [-0.15, -0.1) is 0 Å². The average molecular weight is 424 g/mol. The number of hydrogen-bond donors (Lipinski definition) is 1. The van der Waals surface area contributed by atoms with Crippen molar-refractivity contribution in [1.82, 2.24) is 0 Å². The molecule has 0 aliphatic carbocycles. The molecule has 3 rings (SSSR count). The predicted molar refractivity (Wildman–Crippen MR) is 122 cm³/mol. The van der Waals surface area contributed by atoms with E-state index in [1.807, 2.05) is 50.2 Å². The molecule has 0 atom stereocenters. The third-order valence-electron chi connectivity index (χ3n) is 4.93. The fraction of sp³-hybridized carbons (Fsp3) is 0.240. The van der Waals surface area contributed by atoms with Gasteiger partial charge < -0.3 is 14.8 Å².